The maximum absolute atomic E-state index is 12.4. The number of benzene rings is 2. The van der Waals surface area contributed by atoms with Crippen LogP contribution in [0.25, 0.3) is 10.9 Å². The van der Waals surface area contributed by atoms with Crippen molar-refractivity contribution in [1.82, 2.24) is 10.3 Å². The average Bonchev–Trinajstić information content (AvgIpc) is 3.03. The summed E-state index contributed by atoms with van der Waals surface area (Å²) in [5, 5.41) is 3.78. The van der Waals surface area contributed by atoms with Crippen molar-refractivity contribution in [2.45, 2.75) is 32.2 Å². The van der Waals surface area contributed by atoms with Crippen LogP contribution in [0.5, 0.6) is 5.75 Å². The fourth-order valence-corrected chi connectivity index (χ4v) is 2.93. The van der Waals surface area contributed by atoms with E-state index in [2.05, 4.69) is 15.0 Å². The number of nitrogens with one attached hydrogen (secondary N) is 2. The highest BCUT2D eigenvalue weighted by molar-refractivity contribution is 5.83. The molecule has 3 rings (SSSR count). The average molecular weight is 376 g/mol. The number of fused-ring (bicyclic) bond motifs is 1. The monoisotopic (exact) mass is 376 g/mol. The van der Waals surface area contributed by atoms with Crippen molar-refractivity contribution in [3.8, 4) is 5.75 Å². The molecule has 0 aliphatic carbocycles. The molecule has 7 heteroatoms. The number of amides is 1. The van der Waals surface area contributed by atoms with Gasteiger partial charge in [-0.2, -0.15) is 0 Å². The maximum Gasteiger partial charge on any atom is 0.573 e. The Balaban J connectivity index is 1.49. The number of hydrogen-bond donors (Lipinski definition) is 2. The Morgan fingerprint density at radius 1 is 1.04 bits per heavy atom. The molecule has 1 heterocycles. The van der Waals surface area contributed by atoms with Gasteiger partial charge in [-0.3, -0.25) is 4.79 Å². The summed E-state index contributed by atoms with van der Waals surface area (Å²) in [7, 11) is 0. The lowest BCUT2D eigenvalue weighted by molar-refractivity contribution is -0.274. The van der Waals surface area contributed by atoms with E-state index in [-0.39, 0.29) is 23.8 Å². The highest BCUT2D eigenvalue weighted by Crippen LogP contribution is 2.26. The zero-order valence-electron chi connectivity index (χ0n) is 14.5. The minimum absolute atomic E-state index is 0.0157. The van der Waals surface area contributed by atoms with Crippen LogP contribution in [0.1, 0.15) is 24.0 Å². The smallest absolute Gasteiger partial charge is 0.405 e. The van der Waals surface area contributed by atoms with Gasteiger partial charge >= 0.3 is 6.36 Å². The molecule has 0 atom stereocenters. The van der Waals surface area contributed by atoms with E-state index < -0.39 is 6.36 Å². The SMILES string of the molecule is O=C(CCCc1c[nH]c2ccccc12)NCc1ccccc1OC(F)(F)F. The first-order valence-electron chi connectivity index (χ1n) is 8.58. The van der Waals surface area contributed by atoms with Gasteiger partial charge in [0.15, 0.2) is 0 Å². The summed E-state index contributed by atoms with van der Waals surface area (Å²) < 4.78 is 41.2. The Morgan fingerprint density at radius 2 is 1.78 bits per heavy atom. The lowest BCUT2D eigenvalue weighted by Gasteiger charge is -2.13. The summed E-state index contributed by atoms with van der Waals surface area (Å²) >= 11 is 0. The molecule has 2 N–H and O–H groups in total. The molecular weight excluding hydrogens is 357 g/mol. The van der Waals surface area contributed by atoms with Crippen LogP contribution in [0.15, 0.2) is 54.7 Å². The van der Waals surface area contributed by atoms with Crippen molar-refractivity contribution >= 4 is 16.8 Å². The van der Waals surface area contributed by atoms with Gasteiger partial charge < -0.3 is 15.0 Å². The van der Waals surface area contributed by atoms with Crippen molar-refractivity contribution < 1.29 is 22.7 Å². The van der Waals surface area contributed by atoms with Gasteiger partial charge in [-0.1, -0.05) is 36.4 Å². The predicted molar refractivity (Wildman–Crippen MR) is 96.2 cm³/mol. The maximum atomic E-state index is 12.4. The van der Waals surface area contributed by atoms with Crippen molar-refractivity contribution in [2.75, 3.05) is 0 Å². The number of aromatic nitrogens is 1. The summed E-state index contributed by atoms with van der Waals surface area (Å²) in [4.78, 5) is 15.2. The molecule has 0 bridgehead atoms. The number of rotatable bonds is 7. The molecule has 1 aromatic heterocycles. The minimum atomic E-state index is -4.76. The normalized spacial score (nSPS) is 11.5. The van der Waals surface area contributed by atoms with Crippen molar-refractivity contribution in [3.05, 3.63) is 65.9 Å². The van der Waals surface area contributed by atoms with E-state index in [1.54, 1.807) is 6.07 Å². The van der Waals surface area contributed by atoms with Gasteiger partial charge in [-0.15, -0.1) is 13.2 Å². The second kappa shape index (κ2) is 8.16. The van der Waals surface area contributed by atoms with E-state index in [9.17, 15) is 18.0 Å². The highest BCUT2D eigenvalue weighted by atomic mass is 19.4. The Bertz CT molecular complexity index is 919. The number of hydrogen-bond acceptors (Lipinski definition) is 2. The number of carbonyl (C=O) groups excluding carboxylic acids is 1. The third-order valence-electron chi connectivity index (χ3n) is 4.20. The van der Waals surface area contributed by atoms with Gasteiger partial charge in [-0.05, 0) is 30.5 Å². The number of aryl methyl sites for hydroxylation is 1. The Morgan fingerprint density at radius 3 is 2.59 bits per heavy atom. The zero-order chi connectivity index (χ0) is 19.3. The molecule has 142 valence electrons. The summed E-state index contributed by atoms with van der Waals surface area (Å²) in [6, 6.07) is 13.7. The molecule has 0 aliphatic rings. The Kier molecular flexibility index (Phi) is 5.69. The molecule has 0 fully saturated rings. The number of H-pyrrole nitrogens is 1. The second-order valence-electron chi connectivity index (χ2n) is 6.15. The largest absolute Gasteiger partial charge is 0.573 e. The van der Waals surface area contributed by atoms with E-state index in [4.69, 9.17) is 0 Å². The van der Waals surface area contributed by atoms with Gasteiger partial charge in [0, 0.05) is 35.6 Å². The number of carbonyl (C=O) groups is 1. The highest BCUT2D eigenvalue weighted by Gasteiger charge is 2.31. The lowest BCUT2D eigenvalue weighted by atomic mass is 10.1. The van der Waals surface area contributed by atoms with Crippen molar-refractivity contribution in [1.29, 1.82) is 0 Å². The first-order valence-corrected chi connectivity index (χ1v) is 8.58. The van der Waals surface area contributed by atoms with Crippen LogP contribution >= 0.6 is 0 Å². The number of aromatic amines is 1. The van der Waals surface area contributed by atoms with E-state index in [0.717, 1.165) is 22.9 Å². The van der Waals surface area contributed by atoms with Gasteiger partial charge in [0.05, 0.1) is 0 Å². The van der Waals surface area contributed by atoms with Crippen LogP contribution in [0, 0.1) is 0 Å². The molecule has 27 heavy (non-hydrogen) atoms. The minimum Gasteiger partial charge on any atom is -0.405 e. The van der Waals surface area contributed by atoms with Gasteiger partial charge in [-0.25, -0.2) is 0 Å². The molecule has 2 aromatic carbocycles. The standard InChI is InChI=1S/C20H19F3N2O2/c21-20(22,23)27-18-10-4-1-6-15(18)13-25-19(26)11-5-7-14-12-24-17-9-3-2-8-16(14)17/h1-4,6,8-10,12,24H,5,7,11,13H2,(H,25,26). The van der Waals surface area contributed by atoms with E-state index in [1.165, 1.54) is 18.2 Å². The molecule has 3 aromatic rings. The first-order chi connectivity index (χ1) is 12.9. The van der Waals surface area contributed by atoms with Crippen LogP contribution in [-0.4, -0.2) is 17.3 Å². The summed E-state index contributed by atoms with van der Waals surface area (Å²) in [5.74, 6) is -0.513. The molecule has 0 saturated heterocycles. The first kappa shape index (κ1) is 18.8. The van der Waals surface area contributed by atoms with Crippen LogP contribution in [0.3, 0.4) is 0 Å². The quantitative estimate of drug-likeness (QED) is 0.628. The fraction of sp³-hybridized carbons (Fsp3) is 0.250. The van der Waals surface area contributed by atoms with Crippen molar-refractivity contribution in [3.63, 3.8) is 0 Å². The van der Waals surface area contributed by atoms with E-state index in [0.29, 0.717) is 12.8 Å². The van der Waals surface area contributed by atoms with Crippen LogP contribution < -0.4 is 10.1 Å². The molecule has 0 radical (unpaired) electrons. The van der Waals surface area contributed by atoms with Gasteiger partial charge in [0.25, 0.3) is 0 Å². The summed E-state index contributed by atoms with van der Waals surface area (Å²) in [5.41, 5.74) is 2.47. The number of halogens is 3. The number of para-hydroxylation sites is 2. The van der Waals surface area contributed by atoms with Gasteiger partial charge in [0.1, 0.15) is 5.75 Å². The number of alkyl halides is 3. The van der Waals surface area contributed by atoms with Crippen LogP contribution in [0.4, 0.5) is 13.2 Å². The lowest BCUT2D eigenvalue weighted by Crippen LogP contribution is -2.24. The van der Waals surface area contributed by atoms with E-state index >= 15 is 0 Å². The zero-order valence-corrected chi connectivity index (χ0v) is 14.5. The third kappa shape index (κ3) is 5.26. The topological polar surface area (TPSA) is 54.1 Å². The summed E-state index contributed by atoms with van der Waals surface area (Å²) in [6.45, 7) is -0.0157. The Hall–Kier alpha value is -2.96. The molecule has 0 aliphatic heterocycles. The molecule has 0 spiro atoms. The molecular formula is C20H19F3N2O2. The van der Waals surface area contributed by atoms with Gasteiger partial charge in [0.2, 0.25) is 5.91 Å². The fourth-order valence-electron chi connectivity index (χ4n) is 2.93. The third-order valence-corrected chi connectivity index (χ3v) is 4.20. The molecule has 4 nitrogen and oxygen atoms in total. The molecule has 0 unspecified atom stereocenters. The molecule has 1 amide bonds. The number of ether oxygens (including phenoxy) is 1. The molecule has 0 saturated carbocycles. The van der Waals surface area contributed by atoms with Crippen LogP contribution in [0.2, 0.25) is 0 Å². The van der Waals surface area contributed by atoms with Crippen molar-refractivity contribution in [2.24, 2.45) is 0 Å². The second-order valence-corrected chi connectivity index (χ2v) is 6.15. The predicted octanol–water partition coefficient (Wildman–Crippen LogP) is 4.71. The van der Waals surface area contributed by atoms with Crippen LogP contribution in [-0.2, 0) is 17.8 Å². The van der Waals surface area contributed by atoms with E-state index in [1.807, 2.05) is 30.5 Å². The Labute approximate surface area is 154 Å². The summed E-state index contributed by atoms with van der Waals surface area (Å²) in [6.07, 6.45) is -1.14.